The fourth-order valence-corrected chi connectivity index (χ4v) is 2.51. The third-order valence-electron chi connectivity index (χ3n) is 3.74. The standard InChI is InChI=1S/C15H24N2/c1-13-5-7-15(8-6-13)17(2)11-3-4-14-9-10-16-12-14/h5-8,14,16H,3-4,9-12H2,1-2H3. The topological polar surface area (TPSA) is 15.3 Å². The number of hydrogen-bond acceptors (Lipinski definition) is 2. The van der Waals surface area contributed by atoms with Gasteiger partial charge in [0.15, 0.2) is 0 Å². The Morgan fingerprint density at radius 2 is 2.06 bits per heavy atom. The number of benzene rings is 1. The molecule has 1 atom stereocenters. The van der Waals surface area contributed by atoms with Crippen molar-refractivity contribution in [2.75, 3.05) is 31.6 Å². The minimum absolute atomic E-state index is 0.918. The SMILES string of the molecule is Cc1ccc(N(C)CCCC2CCNC2)cc1. The molecule has 1 aromatic rings. The van der Waals surface area contributed by atoms with Gasteiger partial charge >= 0.3 is 0 Å². The van der Waals surface area contributed by atoms with Gasteiger partial charge in [-0.3, -0.25) is 0 Å². The van der Waals surface area contributed by atoms with Crippen molar-refractivity contribution >= 4 is 5.69 Å². The predicted molar refractivity (Wildman–Crippen MR) is 74.7 cm³/mol. The number of nitrogens with zero attached hydrogens (tertiary/aromatic N) is 1. The Morgan fingerprint density at radius 1 is 1.29 bits per heavy atom. The molecule has 0 radical (unpaired) electrons. The van der Waals surface area contributed by atoms with E-state index in [1.807, 2.05) is 0 Å². The zero-order chi connectivity index (χ0) is 12.1. The van der Waals surface area contributed by atoms with Crippen LogP contribution in [0.15, 0.2) is 24.3 Å². The van der Waals surface area contributed by atoms with Crippen molar-refractivity contribution in [1.82, 2.24) is 5.32 Å². The van der Waals surface area contributed by atoms with Gasteiger partial charge in [-0.25, -0.2) is 0 Å². The first-order valence-electron chi connectivity index (χ1n) is 6.74. The van der Waals surface area contributed by atoms with E-state index in [1.54, 1.807) is 0 Å². The first kappa shape index (κ1) is 12.4. The maximum absolute atomic E-state index is 3.43. The van der Waals surface area contributed by atoms with Gasteiger partial charge in [0.25, 0.3) is 0 Å². The summed E-state index contributed by atoms with van der Waals surface area (Å²) in [5.74, 6) is 0.918. The van der Waals surface area contributed by atoms with Gasteiger partial charge in [-0.05, 0) is 57.3 Å². The molecule has 0 amide bonds. The highest BCUT2D eigenvalue weighted by Crippen LogP contribution is 2.17. The molecule has 0 aromatic heterocycles. The minimum Gasteiger partial charge on any atom is -0.375 e. The molecule has 1 heterocycles. The molecule has 0 bridgehead atoms. The second-order valence-corrected chi connectivity index (χ2v) is 5.26. The summed E-state index contributed by atoms with van der Waals surface area (Å²) in [6.45, 7) is 5.75. The van der Waals surface area contributed by atoms with Crippen LogP contribution in [-0.4, -0.2) is 26.7 Å². The first-order chi connectivity index (χ1) is 8.25. The fourth-order valence-electron chi connectivity index (χ4n) is 2.51. The van der Waals surface area contributed by atoms with Crippen LogP contribution in [0.5, 0.6) is 0 Å². The lowest BCUT2D eigenvalue weighted by Crippen LogP contribution is -2.19. The summed E-state index contributed by atoms with van der Waals surface area (Å²) < 4.78 is 0. The van der Waals surface area contributed by atoms with E-state index in [-0.39, 0.29) is 0 Å². The predicted octanol–water partition coefficient (Wildman–Crippen LogP) is 2.82. The average Bonchev–Trinajstić information content (AvgIpc) is 2.83. The van der Waals surface area contributed by atoms with Crippen LogP contribution < -0.4 is 10.2 Å². The summed E-state index contributed by atoms with van der Waals surface area (Å²) in [5.41, 5.74) is 2.67. The largest absolute Gasteiger partial charge is 0.375 e. The molecule has 0 spiro atoms. The van der Waals surface area contributed by atoms with Crippen molar-refractivity contribution in [3.05, 3.63) is 29.8 Å². The molecule has 0 saturated carbocycles. The smallest absolute Gasteiger partial charge is 0.0363 e. The molecule has 1 fully saturated rings. The van der Waals surface area contributed by atoms with Crippen LogP contribution >= 0.6 is 0 Å². The van der Waals surface area contributed by atoms with Crippen molar-refractivity contribution in [2.45, 2.75) is 26.2 Å². The number of anilines is 1. The molecule has 17 heavy (non-hydrogen) atoms. The zero-order valence-electron chi connectivity index (χ0n) is 11.1. The summed E-state index contributed by atoms with van der Waals surface area (Å²) in [6, 6.07) is 8.80. The van der Waals surface area contributed by atoms with E-state index < -0.39 is 0 Å². The lowest BCUT2D eigenvalue weighted by atomic mass is 10.0. The molecule has 1 aromatic carbocycles. The Balaban J connectivity index is 1.72. The molecule has 1 saturated heterocycles. The average molecular weight is 232 g/mol. The Labute approximate surface area is 105 Å². The van der Waals surface area contributed by atoms with E-state index in [4.69, 9.17) is 0 Å². The molecule has 2 heteroatoms. The number of aryl methyl sites for hydroxylation is 1. The van der Waals surface area contributed by atoms with Crippen molar-refractivity contribution in [2.24, 2.45) is 5.92 Å². The van der Waals surface area contributed by atoms with Gasteiger partial charge in [0.1, 0.15) is 0 Å². The van der Waals surface area contributed by atoms with Gasteiger partial charge in [-0.2, -0.15) is 0 Å². The molecular weight excluding hydrogens is 208 g/mol. The monoisotopic (exact) mass is 232 g/mol. The molecule has 1 unspecified atom stereocenters. The van der Waals surface area contributed by atoms with E-state index >= 15 is 0 Å². The Kier molecular flexibility index (Phi) is 4.43. The summed E-state index contributed by atoms with van der Waals surface area (Å²) in [4.78, 5) is 2.36. The van der Waals surface area contributed by atoms with Crippen molar-refractivity contribution in [3.63, 3.8) is 0 Å². The van der Waals surface area contributed by atoms with E-state index in [1.165, 1.54) is 50.1 Å². The molecule has 1 aliphatic rings. The normalized spacial score (nSPS) is 19.5. The minimum atomic E-state index is 0.918. The highest BCUT2D eigenvalue weighted by atomic mass is 15.1. The third kappa shape index (κ3) is 3.74. The van der Waals surface area contributed by atoms with Crippen LogP contribution in [0, 0.1) is 12.8 Å². The Bertz CT molecular complexity index is 325. The molecule has 2 nitrogen and oxygen atoms in total. The summed E-state index contributed by atoms with van der Waals surface area (Å²) in [7, 11) is 2.19. The summed E-state index contributed by atoms with van der Waals surface area (Å²) in [6.07, 6.45) is 4.04. The van der Waals surface area contributed by atoms with E-state index in [2.05, 4.69) is 48.5 Å². The lowest BCUT2D eigenvalue weighted by Gasteiger charge is -2.20. The maximum Gasteiger partial charge on any atom is 0.0363 e. The molecule has 0 aliphatic carbocycles. The second-order valence-electron chi connectivity index (χ2n) is 5.26. The van der Waals surface area contributed by atoms with Crippen molar-refractivity contribution in [1.29, 1.82) is 0 Å². The number of nitrogens with one attached hydrogen (secondary N) is 1. The van der Waals surface area contributed by atoms with E-state index in [0.717, 1.165) is 5.92 Å². The van der Waals surface area contributed by atoms with E-state index in [9.17, 15) is 0 Å². The van der Waals surface area contributed by atoms with Crippen LogP contribution in [0.3, 0.4) is 0 Å². The molecule has 1 N–H and O–H groups in total. The Morgan fingerprint density at radius 3 is 2.71 bits per heavy atom. The first-order valence-corrected chi connectivity index (χ1v) is 6.74. The van der Waals surface area contributed by atoms with E-state index in [0.29, 0.717) is 0 Å². The molecule has 1 aliphatic heterocycles. The van der Waals surface area contributed by atoms with Gasteiger partial charge in [-0.15, -0.1) is 0 Å². The Hall–Kier alpha value is -1.02. The highest BCUT2D eigenvalue weighted by Gasteiger charge is 2.13. The van der Waals surface area contributed by atoms with Gasteiger partial charge in [0, 0.05) is 19.3 Å². The molecule has 94 valence electrons. The van der Waals surface area contributed by atoms with Gasteiger partial charge in [0.2, 0.25) is 0 Å². The van der Waals surface area contributed by atoms with Gasteiger partial charge < -0.3 is 10.2 Å². The van der Waals surface area contributed by atoms with Crippen LogP contribution in [0.1, 0.15) is 24.8 Å². The molecular formula is C15H24N2. The fraction of sp³-hybridized carbons (Fsp3) is 0.600. The highest BCUT2D eigenvalue weighted by molar-refractivity contribution is 5.46. The quantitative estimate of drug-likeness (QED) is 0.840. The number of hydrogen-bond donors (Lipinski definition) is 1. The zero-order valence-corrected chi connectivity index (χ0v) is 11.1. The maximum atomic E-state index is 3.43. The van der Waals surface area contributed by atoms with Crippen LogP contribution in [0.2, 0.25) is 0 Å². The third-order valence-corrected chi connectivity index (χ3v) is 3.74. The second kappa shape index (κ2) is 6.06. The van der Waals surface area contributed by atoms with Crippen LogP contribution in [0.4, 0.5) is 5.69 Å². The summed E-state index contributed by atoms with van der Waals surface area (Å²) >= 11 is 0. The molecule has 2 rings (SSSR count). The lowest BCUT2D eigenvalue weighted by molar-refractivity contribution is 0.511. The van der Waals surface area contributed by atoms with Crippen LogP contribution in [-0.2, 0) is 0 Å². The summed E-state index contributed by atoms with van der Waals surface area (Å²) in [5, 5.41) is 3.43. The van der Waals surface area contributed by atoms with Gasteiger partial charge in [0.05, 0.1) is 0 Å². The van der Waals surface area contributed by atoms with Crippen LogP contribution in [0.25, 0.3) is 0 Å². The van der Waals surface area contributed by atoms with Gasteiger partial charge in [-0.1, -0.05) is 17.7 Å². The number of rotatable bonds is 5. The van der Waals surface area contributed by atoms with Crippen molar-refractivity contribution < 1.29 is 0 Å². The van der Waals surface area contributed by atoms with Crippen molar-refractivity contribution in [3.8, 4) is 0 Å².